The van der Waals surface area contributed by atoms with E-state index in [0.717, 1.165) is 30.6 Å². The second kappa shape index (κ2) is 10.7. The maximum Gasteiger partial charge on any atom is 0.338 e. The van der Waals surface area contributed by atoms with Gasteiger partial charge in [-0.05, 0) is 67.7 Å². The molecule has 5 heteroatoms. The Hall–Kier alpha value is -2.40. The van der Waals surface area contributed by atoms with E-state index in [1.165, 1.54) is 5.56 Å². The van der Waals surface area contributed by atoms with Gasteiger partial charge in [0.2, 0.25) is 0 Å². The summed E-state index contributed by atoms with van der Waals surface area (Å²) in [6.07, 6.45) is 2.11. The molecule has 0 unspecified atom stereocenters. The molecule has 0 saturated carbocycles. The van der Waals surface area contributed by atoms with Crippen molar-refractivity contribution in [2.75, 3.05) is 18.5 Å². The molecule has 27 heavy (non-hydrogen) atoms. The van der Waals surface area contributed by atoms with Gasteiger partial charge < -0.3 is 15.4 Å². The van der Waals surface area contributed by atoms with Gasteiger partial charge in [0, 0.05) is 12.2 Å². The Balaban J connectivity index is 1.88. The fraction of sp³-hybridized carbons (Fsp3) is 0.364. The van der Waals surface area contributed by atoms with Crippen LogP contribution in [0.25, 0.3) is 0 Å². The van der Waals surface area contributed by atoms with Crippen molar-refractivity contribution >= 4 is 29.0 Å². The molecule has 0 aliphatic heterocycles. The zero-order valence-electron chi connectivity index (χ0n) is 16.2. The second-order valence-electron chi connectivity index (χ2n) is 6.55. The summed E-state index contributed by atoms with van der Waals surface area (Å²) in [6.45, 7) is 7.12. The minimum Gasteiger partial charge on any atom is -0.462 e. The van der Waals surface area contributed by atoms with E-state index in [0.29, 0.717) is 23.2 Å². The lowest BCUT2D eigenvalue weighted by molar-refractivity contribution is 0.0526. The molecule has 0 saturated heterocycles. The van der Waals surface area contributed by atoms with Crippen molar-refractivity contribution in [2.45, 2.75) is 33.6 Å². The highest BCUT2D eigenvalue weighted by Crippen LogP contribution is 2.17. The molecule has 2 aromatic rings. The van der Waals surface area contributed by atoms with Crippen LogP contribution in [0.5, 0.6) is 0 Å². The Morgan fingerprint density at radius 3 is 2.52 bits per heavy atom. The first-order valence-electron chi connectivity index (χ1n) is 9.40. The monoisotopic (exact) mass is 384 g/mol. The molecule has 0 fully saturated rings. The van der Waals surface area contributed by atoms with Gasteiger partial charge in [-0.1, -0.05) is 43.7 Å². The molecule has 0 bridgehead atoms. The molecule has 2 aromatic carbocycles. The molecule has 0 radical (unpaired) electrons. The zero-order valence-corrected chi connectivity index (χ0v) is 17.1. The lowest BCUT2D eigenvalue weighted by Gasteiger charge is -2.18. The third-order valence-electron chi connectivity index (χ3n) is 4.48. The van der Waals surface area contributed by atoms with Gasteiger partial charge in [-0.15, -0.1) is 0 Å². The number of carbonyl (C=O) groups is 1. The average Bonchev–Trinajstić information content (AvgIpc) is 2.67. The van der Waals surface area contributed by atoms with E-state index in [4.69, 9.17) is 17.0 Å². The predicted octanol–water partition coefficient (Wildman–Crippen LogP) is 4.73. The van der Waals surface area contributed by atoms with Gasteiger partial charge in [-0.2, -0.15) is 0 Å². The Morgan fingerprint density at radius 2 is 1.89 bits per heavy atom. The molecule has 0 aromatic heterocycles. The number of hydrogen-bond donors (Lipinski definition) is 2. The minimum atomic E-state index is -0.306. The lowest BCUT2D eigenvalue weighted by Crippen LogP contribution is -2.33. The number of carbonyl (C=O) groups excluding carboxylic acids is 1. The number of esters is 1. The van der Waals surface area contributed by atoms with E-state index in [1.54, 1.807) is 13.0 Å². The maximum atomic E-state index is 11.8. The second-order valence-corrected chi connectivity index (χ2v) is 6.96. The van der Waals surface area contributed by atoms with Gasteiger partial charge in [0.05, 0.1) is 12.2 Å². The van der Waals surface area contributed by atoms with Gasteiger partial charge in [0.25, 0.3) is 0 Å². The highest BCUT2D eigenvalue weighted by molar-refractivity contribution is 7.80. The minimum absolute atomic E-state index is 0.306. The first kappa shape index (κ1) is 20.9. The van der Waals surface area contributed by atoms with Gasteiger partial charge in [-0.3, -0.25) is 0 Å². The van der Waals surface area contributed by atoms with Crippen molar-refractivity contribution in [3.63, 3.8) is 0 Å². The number of thiocarbonyl (C=S) groups is 1. The summed E-state index contributed by atoms with van der Waals surface area (Å²) in [5, 5.41) is 7.13. The SMILES string of the molecule is CCOC(=O)c1ccc(NC(=S)NC[C@@H](CC)Cc2ccccc2)c(C)c1. The largest absolute Gasteiger partial charge is 0.462 e. The van der Waals surface area contributed by atoms with Gasteiger partial charge in [0.15, 0.2) is 5.11 Å². The number of ether oxygens (including phenoxy) is 1. The number of nitrogens with one attached hydrogen (secondary N) is 2. The van der Waals surface area contributed by atoms with E-state index in [1.807, 2.05) is 25.1 Å². The first-order valence-corrected chi connectivity index (χ1v) is 9.80. The summed E-state index contributed by atoms with van der Waals surface area (Å²) in [6, 6.07) is 15.9. The molecule has 0 spiro atoms. The van der Waals surface area contributed by atoms with Crippen LogP contribution in [0.1, 0.15) is 41.8 Å². The highest BCUT2D eigenvalue weighted by Gasteiger charge is 2.11. The fourth-order valence-corrected chi connectivity index (χ4v) is 3.05. The molecule has 144 valence electrons. The fourth-order valence-electron chi connectivity index (χ4n) is 2.86. The predicted molar refractivity (Wildman–Crippen MR) is 115 cm³/mol. The molecule has 2 rings (SSSR count). The third-order valence-corrected chi connectivity index (χ3v) is 4.73. The van der Waals surface area contributed by atoms with E-state index in [2.05, 4.69) is 41.8 Å². The number of hydrogen-bond acceptors (Lipinski definition) is 3. The lowest BCUT2D eigenvalue weighted by atomic mass is 9.97. The van der Waals surface area contributed by atoms with E-state index in [-0.39, 0.29) is 5.97 Å². The Kier molecular flexibility index (Phi) is 8.27. The molecular formula is C22H28N2O2S. The number of aryl methyl sites for hydroxylation is 1. The van der Waals surface area contributed by atoms with Gasteiger partial charge in [0.1, 0.15) is 0 Å². The maximum absolute atomic E-state index is 11.8. The molecular weight excluding hydrogens is 356 g/mol. The molecule has 1 atom stereocenters. The summed E-state index contributed by atoms with van der Waals surface area (Å²) in [5.41, 5.74) is 3.72. The van der Waals surface area contributed by atoms with Crippen LogP contribution in [0.4, 0.5) is 5.69 Å². The van der Waals surface area contributed by atoms with Crippen molar-refractivity contribution < 1.29 is 9.53 Å². The highest BCUT2D eigenvalue weighted by atomic mass is 32.1. The van der Waals surface area contributed by atoms with Crippen molar-refractivity contribution in [1.82, 2.24) is 5.32 Å². The normalized spacial score (nSPS) is 11.5. The molecule has 0 heterocycles. The van der Waals surface area contributed by atoms with Crippen LogP contribution >= 0.6 is 12.2 Å². The Labute approximate surface area is 167 Å². The molecule has 0 aliphatic carbocycles. The average molecular weight is 385 g/mol. The van der Waals surface area contributed by atoms with Crippen molar-refractivity contribution in [1.29, 1.82) is 0 Å². The van der Waals surface area contributed by atoms with Crippen LogP contribution in [-0.2, 0) is 11.2 Å². The van der Waals surface area contributed by atoms with Crippen molar-refractivity contribution in [3.05, 3.63) is 65.2 Å². The summed E-state index contributed by atoms with van der Waals surface area (Å²) < 4.78 is 5.03. The standard InChI is InChI=1S/C22H28N2O2S/c1-4-17(14-18-9-7-6-8-10-18)15-23-22(27)24-20-12-11-19(13-16(20)3)21(25)26-5-2/h6-13,17H,4-5,14-15H2,1-3H3,(H2,23,24,27)/t17-/m0/s1. The topological polar surface area (TPSA) is 50.4 Å². The van der Waals surface area contributed by atoms with Gasteiger partial charge in [-0.25, -0.2) is 4.79 Å². The van der Waals surface area contributed by atoms with Crippen LogP contribution in [0.15, 0.2) is 48.5 Å². The van der Waals surface area contributed by atoms with E-state index in [9.17, 15) is 4.79 Å². The van der Waals surface area contributed by atoms with Crippen LogP contribution in [-0.4, -0.2) is 24.2 Å². The van der Waals surface area contributed by atoms with Crippen LogP contribution < -0.4 is 10.6 Å². The zero-order chi connectivity index (χ0) is 19.6. The quantitative estimate of drug-likeness (QED) is 0.509. The molecule has 0 aliphatic rings. The Bertz CT molecular complexity index is 762. The van der Waals surface area contributed by atoms with E-state index < -0.39 is 0 Å². The summed E-state index contributed by atoms with van der Waals surface area (Å²) in [7, 11) is 0. The summed E-state index contributed by atoms with van der Waals surface area (Å²) in [5.74, 6) is 0.207. The Morgan fingerprint density at radius 1 is 1.15 bits per heavy atom. The van der Waals surface area contributed by atoms with Crippen LogP contribution in [0, 0.1) is 12.8 Å². The van der Waals surface area contributed by atoms with Crippen molar-refractivity contribution in [3.8, 4) is 0 Å². The van der Waals surface area contributed by atoms with Crippen LogP contribution in [0.2, 0.25) is 0 Å². The summed E-state index contributed by atoms with van der Waals surface area (Å²) in [4.78, 5) is 11.8. The number of benzene rings is 2. The first-order chi connectivity index (χ1) is 13.0. The molecule has 4 nitrogen and oxygen atoms in total. The van der Waals surface area contributed by atoms with E-state index >= 15 is 0 Å². The third kappa shape index (κ3) is 6.68. The van der Waals surface area contributed by atoms with Gasteiger partial charge >= 0.3 is 5.97 Å². The van der Waals surface area contributed by atoms with Crippen LogP contribution in [0.3, 0.4) is 0 Å². The molecule has 2 N–H and O–H groups in total. The van der Waals surface area contributed by atoms with Crippen molar-refractivity contribution in [2.24, 2.45) is 5.92 Å². The number of anilines is 1. The molecule has 0 amide bonds. The summed E-state index contributed by atoms with van der Waals surface area (Å²) >= 11 is 5.44. The smallest absolute Gasteiger partial charge is 0.338 e. The number of rotatable bonds is 8.